The number of carbonyl (C=O) groups excluding carboxylic acids is 4. The number of allylic oxidation sites excluding steroid dienone is 1. The molecule has 1 spiro atoms. The van der Waals surface area contributed by atoms with E-state index in [0.29, 0.717) is 28.0 Å². The molecule has 8 atom stereocenters. The van der Waals surface area contributed by atoms with E-state index in [2.05, 4.69) is 21.2 Å². The summed E-state index contributed by atoms with van der Waals surface area (Å²) in [5.41, 5.74) is -0.352. The highest BCUT2D eigenvalue weighted by molar-refractivity contribution is 9.11. The van der Waals surface area contributed by atoms with Gasteiger partial charge in [-0.25, -0.2) is 0 Å². The Hall–Kier alpha value is -3.51. The first kappa shape index (κ1) is 34.4. The molecule has 254 valence electrons. The smallest absolute Gasteiger partial charge is 0.306 e. The number of cyclic esters (lactones) is 1. The van der Waals surface area contributed by atoms with Crippen LogP contribution in [0.15, 0.2) is 77.3 Å². The number of hydrogen-bond donors (Lipinski definition) is 2. The first-order valence-corrected chi connectivity index (χ1v) is 17.5. The molecule has 4 aliphatic heterocycles. The number of aliphatic hydroxyl groups is 1. The van der Waals surface area contributed by atoms with Gasteiger partial charge in [-0.15, -0.1) is 0 Å². The molecule has 6 rings (SSSR count). The second-order valence-electron chi connectivity index (χ2n) is 12.8. The van der Waals surface area contributed by atoms with Gasteiger partial charge in [0.1, 0.15) is 24.4 Å². The maximum absolute atomic E-state index is 15.1. The van der Waals surface area contributed by atoms with Gasteiger partial charge in [0, 0.05) is 17.4 Å². The number of fused-ring (bicyclic) bond motifs is 2. The van der Waals surface area contributed by atoms with Crippen molar-refractivity contribution in [3.8, 4) is 0 Å². The summed E-state index contributed by atoms with van der Waals surface area (Å²) in [4.78, 5) is 60.0. The summed E-state index contributed by atoms with van der Waals surface area (Å²) in [5, 5.41) is 14.1. The zero-order valence-electron chi connectivity index (χ0n) is 26.8. The molecule has 0 radical (unpaired) electrons. The van der Waals surface area contributed by atoms with Crippen LogP contribution in [0.4, 0.5) is 5.69 Å². The molecule has 0 aliphatic carbocycles. The third-order valence-corrected chi connectivity index (χ3v) is 11.1. The monoisotopic (exact) mass is 739 g/mol. The topological polar surface area (TPSA) is 125 Å². The minimum absolute atomic E-state index is 0.0817. The minimum atomic E-state index is -1.51. The number of amides is 3. The molecule has 2 N–H and O–H groups in total. The van der Waals surface area contributed by atoms with Crippen molar-refractivity contribution in [3.05, 3.63) is 87.9 Å². The minimum Gasteiger partial charge on any atom is -0.463 e. The SMILES string of the molecule is CC[C@H](C)[C@H](CO)N1C(=O)[C@@H]2[C@H]3C(=O)N[C@@H](c4ccccc4)COC(=O)CC/C=C\CN(c4ccccc4Cl)C(=O)[C@@H]1[C@]21C=C(Br)[C@H]3O1. The van der Waals surface area contributed by atoms with Crippen LogP contribution in [-0.2, 0) is 28.7 Å². The highest BCUT2D eigenvalue weighted by Gasteiger charge is 2.75. The number of halogens is 2. The summed E-state index contributed by atoms with van der Waals surface area (Å²) >= 11 is 10.3. The Morgan fingerprint density at radius 3 is 2.50 bits per heavy atom. The van der Waals surface area contributed by atoms with Crippen molar-refractivity contribution in [1.29, 1.82) is 0 Å². The fourth-order valence-corrected chi connectivity index (χ4v) is 8.43. The largest absolute Gasteiger partial charge is 0.463 e. The lowest BCUT2D eigenvalue weighted by atomic mass is 9.74. The highest BCUT2D eigenvalue weighted by Crippen LogP contribution is 2.59. The molecule has 4 aliphatic rings. The zero-order valence-corrected chi connectivity index (χ0v) is 29.1. The summed E-state index contributed by atoms with van der Waals surface area (Å²) in [5.74, 6) is -4.06. The first-order valence-electron chi connectivity index (χ1n) is 16.3. The van der Waals surface area contributed by atoms with Crippen LogP contribution in [0.2, 0.25) is 5.02 Å². The predicted octanol–water partition coefficient (Wildman–Crippen LogP) is 4.70. The van der Waals surface area contributed by atoms with Crippen LogP contribution in [0, 0.1) is 17.8 Å². The number of ether oxygens (including phenoxy) is 2. The Bertz CT molecular complexity index is 1640. The summed E-state index contributed by atoms with van der Waals surface area (Å²) < 4.78 is 12.8. The Morgan fingerprint density at radius 2 is 1.79 bits per heavy atom. The molecule has 48 heavy (non-hydrogen) atoms. The van der Waals surface area contributed by atoms with E-state index in [1.807, 2.05) is 44.2 Å². The summed E-state index contributed by atoms with van der Waals surface area (Å²) in [6.45, 7) is 3.48. The zero-order chi connectivity index (χ0) is 34.2. The fourth-order valence-electron chi connectivity index (χ4n) is 7.45. The standard InChI is InChI=1S/C36H39BrClN3O7/c1-3-21(2)27(19-42)41-32-35(46)40(26-15-10-9-14-24(26)38)17-11-5-8-16-28(43)47-20-25(22-12-6-4-7-13-22)39-33(44)29-30(34(41)45)36(32)18-23(37)31(29)48-36/h4-7,9-15,18,21,25,27,29-32,42H,3,8,16-17,19-20H2,1-2H3,(H,39,44)/b11-5-/t21-,25+,27-,29+,30-,31+,32+,36-/m0/s1. The second-order valence-corrected chi connectivity index (χ2v) is 14.1. The van der Waals surface area contributed by atoms with Gasteiger partial charge in [-0.05, 0) is 36.1 Å². The Labute approximate surface area is 293 Å². The van der Waals surface area contributed by atoms with Gasteiger partial charge in [0.05, 0.1) is 41.2 Å². The van der Waals surface area contributed by atoms with Gasteiger partial charge in [-0.2, -0.15) is 0 Å². The van der Waals surface area contributed by atoms with Crippen molar-refractivity contribution in [3.63, 3.8) is 0 Å². The number of likely N-dealkylation sites (tertiary alicyclic amines) is 1. The number of para-hydroxylation sites is 1. The molecular formula is C36H39BrClN3O7. The van der Waals surface area contributed by atoms with Gasteiger partial charge in [-0.1, -0.05) is 102 Å². The van der Waals surface area contributed by atoms with Crippen LogP contribution in [-0.4, -0.2) is 77.2 Å². The van der Waals surface area contributed by atoms with Gasteiger partial charge in [0.2, 0.25) is 11.8 Å². The molecule has 10 nitrogen and oxygen atoms in total. The van der Waals surface area contributed by atoms with Crippen molar-refractivity contribution in [2.45, 2.75) is 62.9 Å². The molecule has 0 unspecified atom stereocenters. The van der Waals surface area contributed by atoms with Crippen molar-refractivity contribution < 1.29 is 33.8 Å². The van der Waals surface area contributed by atoms with Crippen molar-refractivity contribution in [1.82, 2.24) is 10.2 Å². The van der Waals surface area contributed by atoms with Crippen LogP contribution >= 0.6 is 27.5 Å². The summed E-state index contributed by atoms with van der Waals surface area (Å²) in [7, 11) is 0. The number of esters is 1. The van der Waals surface area contributed by atoms with Gasteiger partial charge in [-0.3, -0.25) is 19.2 Å². The summed E-state index contributed by atoms with van der Waals surface area (Å²) in [6, 6.07) is 13.5. The van der Waals surface area contributed by atoms with Crippen LogP contribution in [0.1, 0.15) is 44.7 Å². The number of hydrogen-bond acceptors (Lipinski definition) is 7. The average Bonchev–Trinajstić information content (AvgIpc) is 3.68. The quantitative estimate of drug-likeness (QED) is 0.325. The highest BCUT2D eigenvalue weighted by atomic mass is 79.9. The van der Waals surface area contributed by atoms with Crippen molar-refractivity contribution >= 4 is 56.9 Å². The second kappa shape index (κ2) is 14.2. The molecule has 2 aromatic rings. The van der Waals surface area contributed by atoms with E-state index in [1.165, 1.54) is 9.80 Å². The van der Waals surface area contributed by atoms with E-state index in [9.17, 15) is 19.5 Å². The lowest BCUT2D eigenvalue weighted by molar-refractivity contribution is -0.147. The molecule has 3 amide bonds. The molecule has 2 saturated heterocycles. The number of aliphatic hydroxyl groups excluding tert-OH is 1. The first-order chi connectivity index (χ1) is 23.1. The maximum Gasteiger partial charge on any atom is 0.306 e. The van der Waals surface area contributed by atoms with Gasteiger partial charge < -0.3 is 29.7 Å². The third kappa shape index (κ3) is 5.99. The van der Waals surface area contributed by atoms with Gasteiger partial charge >= 0.3 is 5.97 Å². The molecular weight excluding hydrogens is 702 g/mol. The van der Waals surface area contributed by atoms with Crippen LogP contribution in [0.3, 0.4) is 0 Å². The lowest BCUT2D eigenvalue weighted by Gasteiger charge is -2.40. The molecule has 12 heteroatoms. The number of rotatable bonds is 6. The molecule has 2 fully saturated rings. The van der Waals surface area contributed by atoms with Gasteiger partial charge in [0.25, 0.3) is 5.91 Å². The van der Waals surface area contributed by atoms with Crippen LogP contribution in [0.5, 0.6) is 0 Å². The van der Waals surface area contributed by atoms with Crippen LogP contribution < -0.4 is 10.2 Å². The van der Waals surface area contributed by atoms with Crippen molar-refractivity contribution in [2.24, 2.45) is 17.8 Å². The number of carbonyl (C=O) groups is 4. The molecule has 0 aromatic heterocycles. The normalized spacial score (nSPS) is 31.2. The fraction of sp³-hybridized carbons (Fsp3) is 0.444. The molecule has 4 heterocycles. The van der Waals surface area contributed by atoms with Crippen molar-refractivity contribution in [2.75, 3.05) is 24.7 Å². The van der Waals surface area contributed by atoms with E-state index < -0.39 is 65.4 Å². The number of benzene rings is 2. The van der Waals surface area contributed by atoms with E-state index in [1.54, 1.807) is 42.5 Å². The molecule has 0 saturated carbocycles. The Balaban J connectivity index is 1.50. The number of anilines is 1. The average molecular weight is 741 g/mol. The predicted molar refractivity (Wildman–Crippen MR) is 183 cm³/mol. The van der Waals surface area contributed by atoms with Crippen LogP contribution in [0.25, 0.3) is 0 Å². The molecule has 5 bridgehead atoms. The number of nitrogens with one attached hydrogen (secondary N) is 1. The Morgan fingerprint density at radius 1 is 1.06 bits per heavy atom. The molecule has 2 aromatic carbocycles. The lowest BCUT2D eigenvalue weighted by Crippen LogP contribution is -2.59. The Kier molecular flexibility index (Phi) is 10.1. The third-order valence-electron chi connectivity index (χ3n) is 10.1. The van der Waals surface area contributed by atoms with E-state index >= 15 is 4.79 Å². The summed E-state index contributed by atoms with van der Waals surface area (Å²) in [6.07, 6.45) is 5.59. The van der Waals surface area contributed by atoms with E-state index in [4.69, 9.17) is 21.1 Å². The van der Waals surface area contributed by atoms with E-state index in [-0.39, 0.29) is 32.1 Å². The number of nitrogens with zero attached hydrogens (tertiary/aromatic N) is 2. The maximum atomic E-state index is 15.1. The van der Waals surface area contributed by atoms with Gasteiger partial charge in [0.15, 0.2) is 0 Å². The van der Waals surface area contributed by atoms with E-state index in [0.717, 1.165) is 5.56 Å².